The van der Waals surface area contributed by atoms with Gasteiger partial charge in [-0.25, -0.2) is 8.78 Å². The molecule has 0 saturated carbocycles. The summed E-state index contributed by atoms with van der Waals surface area (Å²) >= 11 is 0. The Morgan fingerprint density at radius 3 is 2.55 bits per heavy atom. The number of hydrogen-bond acceptors (Lipinski definition) is 3. The molecular formula is C15H21F2N3O2. The van der Waals surface area contributed by atoms with E-state index < -0.39 is 29.5 Å². The number of rotatable bonds is 7. The first-order chi connectivity index (χ1) is 10.3. The molecule has 0 heterocycles. The summed E-state index contributed by atoms with van der Waals surface area (Å²) in [7, 11) is 0. The monoisotopic (exact) mass is 313 g/mol. The number of carbonyl (C=O) groups is 2. The van der Waals surface area contributed by atoms with Crippen LogP contribution in [0.25, 0.3) is 0 Å². The number of carbonyl (C=O) groups excluding carboxylic acids is 2. The zero-order valence-electron chi connectivity index (χ0n) is 12.7. The molecule has 1 atom stereocenters. The molecule has 0 fully saturated rings. The van der Waals surface area contributed by atoms with Crippen LogP contribution in [0.1, 0.15) is 19.4 Å². The van der Waals surface area contributed by atoms with Crippen molar-refractivity contribution in [2.45, 2.75) is 26.3 Å². The fourth-order valence-corrected chi connectivity index (χ4v) is 1.73. The Morgan fingerprint density at radius 2 is 1.91 bits per heavy atom. The maximum absolute atomic E-state index is 13.4. The van der Waals surface area contributed by atoms with E-state index in [9.17, 15) is 18.4 Å². The van der Waals surface area contributed by atoms with E-state index in [1.165, 1.54) is 12.1 Å². The Morgan fingerprint density at radius 1 is 1.23 bits per heavy atom. The first kappa shape index (κ1) is 18.0. The number of halogens is 2. The van der Waals surface area contributed by atoms with E-state index in [0.717, 1.165) is 6.07 Å². The predicted octanol–water partition coefficient (Wildman–Crippen LogP) is 0.723. The van der Waals surface area contributed by atoms with Gasteiger partial charge in [-0.05, 0) is 24.0 Å². The van der Waals surface area contributed by atoms with Gasteiger partial charge in [0.25, 0.3) is 0 Å². The fourth-order valence-electron chi connectivity index (χ4n) is 1.73. The van der Waals surface area contributed by atoms with Crippen molar-refractivity contribution in [1.82, 2.24) is 10.6 Å². The summed E-state index contributed by atoms with van der Waals surface area (Å²) in [5.74, 6) is -2.67. The molecule has 4 N–H and O–H groups in total. The van der Waals surface area contributed by atoms with Gasteiger partial charge >= 0.3 is 0 Å². The highest BCUT2D eigenvalue weighted by Crippen LogP contribution is 2.11. The minimum absolute atomic E-state index is 0.0287. The van der Waals surface area contributed by atoms with Crippen LogP contribution in [0.4, 0.5) is 8.78 Å². The van der Waals surface area contributed by atoms with E-state index in [4.69, 9.17) is 5.73 Å². The Kier molecular flexibility index (Phi) is 6.91. The summed E-state index contributed by atoms with van der Waals surface area (Å²) in [6, 6.07) is 3.22. The molecule has 0 saturated heterocycles. The normalized spacial score (nSPS) is 12.1. The third-order valence-electron chi connectivity index (χ3n) is 3.19. The molecular weight excluding hydrogens is 292 g/mol. The van der Waals surface area contributed by atoms with Gasteiger partial charge in [0.15, 0.2) is 11.6 Å². The Bertz CT molecular complexity index is 536. The van der Waals surface area contributed by atoms with Crippen molar-refractivity contribution in [3.63, 3.8) is 0 Å². The third-order valence-corrected chi connectivity index (χ3v) is 3.19. The van der Waals surface area contributed by atoms with E-state index in [0.29, 0.717) is 0 Å². The molecule has 1 rings (SSSR count). The summed E-state index contributed by atoms with van der Waals surface area (Å²) in [6.45, 7) is 3.55. The number of amides is 2. The standard InChI is InChI=1S/C15H21F2N3O2/c1-9(2)14(18)15(22)20-8-12(21)19-7-6-10-4-3-5-11(16)13(10)17/h3-5,9,14H,6-8,18H2,1-2H3,(H,19,21)(H,20,22)/t14-/m0/s1. The number of nitrogens with two attached hydrogens (primary N) is 1. The predicted molar refractivity (Wildman–Crippen MR) is 78.9 cm³/mol. The fraction of sp³-hybridized carbons (Fsp3) is 0.467. The van der Waals surface area contributed by atoms with Crippen LogP contribution < -0.4 is 16.4 Å². The zero-order valence-corrected chi connectivity index (χ0v) is 12.7. The highest BCUT2D eigenvalue weighted by molar-refractivity contribution is 5.87. The van der Waals surface area contributed by atoms with Crippen LogP contribution in [0.3, 0.4) is 0 Å². The van der Waals surface area contributed by atoms with Crippen LogP contribution in [0.5, 0.6) is 0 Å². The minimum Gasteiger partial charge on any atom is -0.354 e. The van der Waals surface area contributed by atoms with E-state index in [1.54, 1.807) is 13.8 Å². The van der Waals surface area contributed by atoms with E-state index >= 15 is 0 Å². The number of nitrogens with one attached hydrogen (secondary N) is 2. The second-order valence-corrected chi connectivity index (χ2v) is 5.30. The molecule has 0 aliphatic carbocycles. The maximum Gasteiger partial charge on any atom is 0.239 e. The largest absolute Gasteiger partial charge is 0.354 e. The van der Waals surface area contributed by atoms with E-state index in [-0.39, 0.29) is 31.0 Å². The summed E-state index contributed by atoms with van der Waals surface area (Å²) in [4.78, 5) is 23.1. The van der Waals surface area contributed by atoms with Crippen LogP contribution in [0.15, 0.2) is 18.2 Å². The van der Waals surface area contributed by atoms with Gasteiger partial charge in [-0.1, -0.05) is 26.0 Å². The molecule has 22 heavy (non-hydrogen) atoms. The molecule has 7 heteroatoms. The average molecular weight is 313 g/mol. The third kappa shape index (κ3) is 5.40. The van der Waals surface area contributed by atoms with Gasteiger partial charge in [0.05, 0.1) is 12.6 Å². The smallest absolute Gasteiger partial charge is 0.239 e. The van der Waals surface area contributed by atoms with Crippen LogP contribution in [0.2, 0.25) is 0 Å². The van der Waals surface area contributed by atoms with Gasteiger partial charge in [0, 0.05) is 6.54 Å². The van der Waals surface area contributed by atoms with Gasteiger partial charge in [0.1, 0.15) is 0 Å². The number of hydrogen-bond donors (Lipinski definition) is 3. The molecule has 122 valence electrons. The molecule has 0 bridgehead atoms. The second-order valence-electron chi connectivity index (χ2n) is 5.30. The Labute approximate surface area is 128 Å². The van der Waals surface area contributed by atoms with Gasteiger partial charge in [-0.15, -0.1) is 0 Å². The van der Waals surface area contributed by atoms with Crippen LogP contribution >= 0.6 is 0 Å². The average Bonchev–Trinajstić information content (AvgIpc) is 2.48. The molecule has 0 aliphatic heterocycles. The second kappa shape index (κ2) is 8.43. The molecule has 0 aromatic heterocycles. The van der Waals surface area contributed by atoms with Crippen molar-refractivity contribution in [3.8, 4) is 0 Å². The van der Waals surface area contributed by atoms with Crippen molar-refractivity contribution in [3.05, 3.63) is 35.4 Å². The zero-order chi connectivity index (χ0) is 16.7. The van der Waals surface area contributed by atoms with Crippen molar-refractivity contribution in [2.75, 3.05) is 13.1 Å². The van der Waals surface area contributed by atoms with Crippen molar-refractivity contribution in [2.24, 2.45) is 11.7 Å². The SMILES string of the molecule is CC(C)[C@H](N)C(=O)NCC(=O)NCCc1cccc(F)c1F. The molecule has 0 aliphatic rings. The first-order valence-corrected chi connectivity index (χ1v) is 7.05. The topological polar surface area (TPSA) is 84.2 Å². The van der Waals surface area contributed by atoms with Gasteiger partial charge in [0.2, 0.25) is 11.8 Å². The molecule has 0 unspecified atom stereocenters. The minimum atomic E-state index is -0.918. The summed E-state index contributed by atoms with van der Waals surface area (Å²) in [5, 5.41) is 4.94. The van der Waals surface area contributed by atoms with Gasteiger partial charge in [-0.2, -0.15) is 0 Å². The van der Waals surface area contributed by atoms with Crippen molar-refractivity contribution < 1.29 is 18.4 Å². The highest BCUT2D eigenvalue weighted by Gasteiger charge is 2.17. The lowest BCUT2D eigenvalue weighted by Crippen LogP contribution is -2.47. The molecule has 2 amide bonds. The van der Waals surface area contributed by atoms with Crippen molar-refractivity contribution in [1.29, 1.82) is 0 Å². The Balaban J connectivity index is 2.32. The molecule has 1 aromatic rings. The summed E-state index contributed by atoms with van der Waals surface area (Å²) in [6.07, 6.45) is 0.161. The molecule has 1 aromatic carbocycles. The van der Waals surface area contributed by atoms with Crippen LogP contribution in [-0.2, 0) is 16.0 Å². The quantitative estimate of drug-likeness (QED) is 0.693. The summed E-state index contributed by atoms with van der Waals surface area (Å²) < 4.78 is 26.4. The van der Waals surface area contributed by atoms with Crippen LogP contribution in [-0.4, -0.2) is 30.9 Å². The Hall–Kier alpha value is -2.02. The van der Waals surface area contributed by atoms with E-state index in [1.807, 2.05) is 0 Å². The van der Waals surface area contributed by atoms with Crippen LogP contribution in [0, 0.1) is 17.6 Å². The summed E-state index contributed by atoms with van der Waals surface area (Å²) in [5.41, 5.74) is 5.82. The molecule has 0 spiro atoms. The molecule has 0 radical (unpaired) electrons. The van der Waals surface area contributed by atoms with Gasteiger partial charge in [-0.3, -0.25) is 9.59 Å². The van der Waals surface area contributed by atoms with Gasteiger partial charge < -0.3 is 16.4 Å². The van der Waals surface area contributed by atoms with Crippen molar-refractivity contribution >= 4 is 11.8 Å². The number of benzene rings is 1. The lowest BCUT2D eigenvalue weighted by Gasteiger charge is -2.15. The highest BCUT2D eigenvalue weighted by atomic mass is 19.2. The lowest BCUT2D eigenvalue weighted by atomic mass is 10.1. The lowest BCUT2D eigenvalue weighted by molar-refractivity contribution is -0.127. The maximum atomic E-state index is 13.4. The molecule has 5 nitrogen and oxygen atoms in total. The van der Waals surface area contributed by atoms with E-state index in [2.05, 4.69) is 10.6 Å². The first-order valence-electron chi connectivity index (χ1n) is 7.05.